The smallest absolute Gasteiger partial charge is 0.0771 e. The van der Waals surface area contributed by atoms with Gasteiger partial charge in [-0.1, -0.05) is 13.8 Å². The van der Waals surface area contributed by atoms with Crippen LogP contribution < -0.4 is 0 Å². The molecule has 0 amide bonds. The molecule has 4 unspecified atom stereocenters. The normalized spacial score (nSPS) is 66.2. The van der Waals surface area contributed by atoms with Crippen LogP contribution in [0.4, 0.5) is 0 Å². The standard InChI is InChI=1S/C22H35NO4/c1-4-23-10-20(2)6-5-16(24)22-12-7-11-14(27-3)9-21(26,17(12)18(11)25)13(19(22)23)8-15(20)22/h11-19,24-26H,4-10H2,1-3H3/t11-,12?,13+,14-,15?,16-,17?,18-,19?,20-,21-,22+/m0/s1. The van der Waals surface area contributed by atoms with Crippen LogP contribution in [-0.2, 0) is 4.74 Å². The van der Waals surface area contributed by atoms with Crippen molar-refractivity contribution >= 4 is 0 Å². The zero-order chi connectivity index (χ0) is 18.9. The monoisotopic (exact) mass is 377 g/mol. The first-order chi connectivity index (χ1) is 12.8. The summed E-state index contributed by atoms with van der Waals surface area (Å²) in [5.41, 5.74) is -0.788. The van der Waals surface area contributed by atoms with Crippen LogP contribution in [0.3, 0.4) is 0 Å². The lowest BCUT2D eigenvalue weighted by atomic mass is 9.43. The number of likely N-dealkylation sites (tertiary alicyclic amines) is 1. The third kappa shape index (κ3) is 1.66. The van der Waals surface area contributed by atoms with Crippen molar-refractivity contribution in [3.05, 3.63) is 0 Å². The van der Waals surface area contributed by atoms with Crippen LogP contribution in [0.2, 0.25) is 0 Å². The lowest BCUT2D eigenvalue weighted by Crippen LogP contribution is -2.75. The number of methoxy groups -OCH3 is 1. The number of nitrogens with zero attached hydrogens (tertiary/aromatic N) is 1. The summed E-state index contributed by atoms with van der Waals surface area (Å²) in [6, 6.07) is 0.253. The number of piperidine rings is 1. The summed E-state index contributed by atoms with van der Waals surface area (Å²) >= 11 is 0. The topological polar surface area (TPSA) is 73.2 Å². The lowest BCUT2D eigenvalue weighted by Gasteiger charge is -2.68. The fraction of sp³-hybridized carbons (Fsp3) is 1.00. The molecule has 5 heteroatoms. The van der Waals surface area contributed by atoms with Gasteiger partial charge in [0.05, 0.1) is 23.9 Å². The van der Waals surface area contributed by atoms with Gasteiger partial charge in [0.25, 0.3) is 0 Å². The summed E-state index contributed by atoms with van der Waals surface area (Å²) in [6.45, 7) is 6.74. The van der Waals surface area contributed by atoms with Crippen LogP contribution in [0.5, 0.6) is 0 Å². The predicted molar refractivity (Wildman–Crippen MR) is 99.9 cm³/mol. The lowest BCUT2D eigenvalue weighted by molar-refractivity contribution is -0.266. The highest BCUT2D eigenvalue weighted by Crippen LogP contribution is 2.78. The van der Waals surface area contributed by atoms with Gasteiger partial charge in [-0.2, -0.15) is 0 Å². The van der Waals surface area contributed by atoms with Crippen molar-refractivity contribution in [2.24, 2.45) is 40.4 Å². The summed E-state index contributed by atoms with van der Waals surface area (Å²) in [7, 11) is 1.73. The Morgan fingerprint density at radius 1 is 1.19 bits per heavy atom. The second kappa shape index (κ2) is 5.10. The van der Waals surface area contributed by atoms with E-state index in [1.807, 2.05) is 0 Å². The molecule has 1 saturated heterocycles. The molecule has 1 spiro atoms. The Bertz CT molecular complexity index is 673. The molecule has 5 nitrogen and oxygen atoms in total. The number of aliphatic hydroxyl groups excluding tert-OH is 2. The maximum absolute atomic E-state index is 12.1. The van der Waals surface area contributed by atoms with Gasteiger partial charge in [-0.15, -0.1) is 0 Å². The molecule has 1 heterocycles. The van der Waals surface area contributed by atoms with Gasteiger partial charge in [0.15, 0.2) is 0 Å². The number of hydrogen-bond acceptors (Lipinski definition) is 5. The first kappa shape index (κ1) is 17.6. The van der Waals surface area contributed by atoms with Crippen molar-refractivity contribution in [1.82, 2.24) is 4.90 Å². The summed E-state index contributed by atoms with van der Waals surface area (Å²) in [6.07, 6.45) is 3.66. The van der Waals surface area contributed by atoms with Crippen molar-refractivity contribution in [3.8, 4) is 0 Å². The number of rotatable bonds is 2. The first-order valence-electron chi connectivity index (χ1n) is 11.2. The molecule has 3 N–H and O–H groups in total. The number of ether oxygens (including phenoxy) is 1. The highest BCUT2D eigenvalue weighted by Gasteiger charge is 2.82. The van der Waals surface area contributed by atoms with Gasteiger partial charge in [-0.25, -0.2) is 0 Å². The molecule has 7 bridgehead atoms. The quantitative estimate of drug-likeness (QED) is 0.676. The van der Waals surface area contributed by atoms with E-state index in [4.69, 9.17) is 4.74 Å². The highest BCUT2D eigenvalue weighted by atomic mass is 16.5. The van der Waals surface area contributed by atoms with Gasteiger partial charge in [0.2, 0.25) is 0 Å². The SMILES string of the molecule is CCN1C[C@]2(C)CC[C@H](O)[C@@]34C5C[C@H]6[C@@H](OC)C[C@@](O)(C5[C@H]6O)[C@H](CC23)C14. The van der Waals surface area contributed by atoms with E-state index in [1.165, 1.54) is 0 Å². The van der Waals surface area contributed by atoms with Crippen LogP contribution in [0.1, 0.15) is 46.0 Å². The molecule has 5 saturated carbocycles. The molecule has 6 aliphatic rings. The molecule has 0 aromatic rings. The summed E-state index contributed by atoms with van der Waals surface area (Å²) < 4.78 is 5.79. The molecular weight excluding hydrogens is 342 g/mol. The second-order valence-electron chi connectivity index (χ2n) is 11.1. The van der Waals surface area contributed by atoms with Gasteiger partial charge in [0, 0.05) is 49.3 Å². The van der Waals surface area contributed by atoms with E-state index in [0.29, 0.717) is 12.3 Å². The third-order valence-corrected chi connectivity index (χ3v) is 10.7. The minimum atomic E-state index is -0.858. The van der Waals surface area contributed by atoms with Crippen LogP contribution in [0.15, 0.2) is 0 Å². The molecule has 0 radical (unpaired) electrons. The summed E-state index contributed by atoms with van der Waals surface area (Å²) in [4.78, 5) is 2.60. The first-order valence-corrected chi connectivity index (χ1v) is 11.2. The molecular formula is C22H35NO4. The van der Waals surface area contributed by atoms with Crippen molar-refractivity contribution in [3.63, 3.8) is 0 Å². The Morgan fingerprint density at radius 2 is 1.96 bits per heavy atom. The van der Waals surface area contributed by atoms with E-state index in [1.54, 1.807) is 7.11 Å². The molecule has 6 fully saturated rings. The van der Waals surface area contributed by atoms with E-state index in [-0.39, 0.29) is 52.8 Å². The van der Waals surface area contributed by atoms with E-state index in [0.717, 1.165) is 38.8 Å². The summed E-state index contributed by atoms with van der Waals surface area (Å²) in [5.74, 6) is 0.840. The Hall–Kier alpha value is -0.200. The third-order valence-electron chi connectivity index (χ3n) is 10.7. The Labute approximate surface area is 162 Å². The Kier molecular flexibility index (Phi) is 3.33. The van der Waals surface area contributed by atoms with Crippen molar-refractivity contribution < 1.29 is 20.1 Å². The maximum atomic E-state index is 12.1. The van der Waals surface area contributed by atoms with Crippen LogP contribution in [-0.4, -0.2) is 70.4 Å². The van der Waals surface area contributed by atoms with Crippen molar-refractivity contribution in [1.29, 1.82) is 0 Å². The van der Waals surface area contributed by atoms with E-state index in [2.05, 4.69) is 18.7 Å². The highest BCUT2D eigenvalue weighted by molar-refractivity contribution is 5.32. The Balaban J connectivity index is 1.59. The molecule has 5 aliphatic carbocycles. The minimum Gasteiger partial charge on any atom is -0.392 e. The van der Waals surface area contributed by atoms with Crippen LogP contribution in [0, 0.1) is 40.4 Å². The van der Waals surface area contributed by atoms with Gasteiger partial charge >= 0.3 is 0 Å². The minimum absolute atomic E-state index is 0.0657. The average molecular weight is 378 g/mol. The van der Waals surface area contributed by atoms with Gasteiger partial charge in [-0.3, -0.25) is 4.90 Å². The van der Waals surface area contributed by atoms with E-state index in [9.17, 15) is 15.3 Å². The molecule has 1 aliphatic heterocycles. The Morgan fingerprint density at radius 3 is 2.67 bits per heavy atom. The van der Waals surface area contributed by atoms with Gasteiger partial charge in [-0.05, 0) is 49.5 Å². The van der Waals surface area contributed by atoms with Crippen molar-refractivity contribution in [2.45, 2.75) is 75.9 Å². The maximum Gasteiger partial charge on any atom is 0.0771 e. The number of fused-ring (bicyclic) bond motifs is 2. The molecule has 27 heavy (non-hydrogen) atoms. The fourth-order valence-electron chi connectivity index (χ4n) is 10.1. The fourth-order valence-corrected chi connectivity index (χ4v) is 10.1. The number of aliphatic hydroxyl groups is 3. The largest absolute Gasteiger partial charge is 0.392 e. The molecule has 12 atom stereocenters. The zero-order valence-corrected chi connectivity index (χ0v) is 16.8. The number of hydrogen-bond donors (Lipinski definition) is 3. The van der Waals surface area contributed by atoms with E-state index < -0.39 is 11.7 Å². The van der Waals surface area contributed by atoms with Gasteiger partial charge < -0.3 is 20.1 Å². The van der Waals surface area contributed by atoms with Crippen LogP contribution >= 0.6 is 0 Å². The molecule has 0 aromatic heterocycles. The summed E-state index contributed by atoms with van der Waals surface area (Å²) in [5, 5.41) is 34.9. The van der Waals surface area contributed by atoms with Crippen LogP contribution in [0.25, 0.3) is 0 Å². The predicted octanol–water partition coefficient (Wildman–Crippen LogP) is 1.25. The van der Waals surface area contributed by atoms with Gasteiger partial charge in [0.1, 0.15) is 0 Å². The van der Waals surface area contributed by atoms with Crippen molar-refractivity contribution in [2.75, 3.05) is 20.2 Å². The molecule has 6 rings (SSSR count). The second-order valence-corrected chi connectivity index (χ2v) is 11.1. The molecule has 152 valence electrons. The molecule has 0 aromatic carbocycles. The average Bonchev–Trinajstić information content (AvgIpc) is 3.07. The zero-order valence-electron chi connectivity index (χ0n) is 16.8. The van der Waals surface area contributed by atoms with E-state index >= 15 is 0 Å².